The predicted octanol–water partition coefficient (Wildman–Crippen LogP) is 2.18. The SMILES string of the molecule is Cl.Cl.NC(CNC(=O)c1cccc(-n2ccnc2)c1)C1CC1. The van der Waals surface area contributed by atoms with E-state index in [-0.39, 0.29) is 36.8 Å². The quantitative estimate of drug-likeness (QED) is 0.874. The largest absolute Gasteiger partial charge is 0.350 e. The Balaban J connectivity index is 0.00000121. The molecule has 0 spiro atoms. The lowest BCUT2D eigenvalue weighted by molar-refractivity contribution is 0.0950. The number of hydrogen-bond acceptors (Lipinski definition) is 3. The van der Waals surface area contributed by atoms with Gasteiger partial charge in [-0.3, -0.25) is 4.79 Å². The second kappa shape index (κ2) is 8.17. The maximum Gasteiger partial charge on any atom is 0.251 e. The summed E-state index contributed by atoms with van der Waals surface area (Å²) in [7, 11) is 0. The van der Waals surface area contributed by atoms with E-state index in [1.807, 2.05) is 29.0 Å². The Hall–Kier alpha value is -1.56. The highest BCUT2D eigenvalue weighted by molar-refractivity contribution is 5.94. The molecule has 7 heteroatoms. The molecule has 0 bridgehead atoms. The van der Waals surface area contributed by atoms with Gasteiger partial charge in [-0.25, -0.2) is 4.98 Å². The molecule has 5 nitrogen and oxygen atoms in total. The van der Waals surface area contributed by atoms with E-state index in [0.717, 1.165) is 5.69 Å². The Bertz CT molecular complexity index is 599. The van der Waals surface area contributed by atoms with Crippen LogP contribution in [0.4, 0.5) is 0 Å². The first-order chi connectivity index (χ1) is 9.74. The summed E-state index contributed by atoms with van der Waals surface area (Å²) in [5, 5.41) is 2.90. The van der Waals surface area contributed by atoms with Crippen LogP contribution in [0, 0.1) is 5.92 Å². The number of nitrogens with zero attached hydrogens (tertiary/aromatic N) is 2. The van der Waals surface area contributed by atoms with Gasteiger partial charge in [0.1, 0.15) is 0 Å². The molecular weight excluding hydrogens is 323 g/mol. The van der Waals surface area contributed by atoms with E-state index >= 15 is 0 Å². The van der Waals surface area contributed by atoms with Crippen LogP contribution >= 0.6 is 24.8 Å². The first-order valence-electron chi connectivity index (χ1n) is 6.86. The number of carbonyl (C=O) groups is 1. The Morgan fingerprint density at radius 2 is 2.18 bits per heavy atom. The lowest BCUT2D eigenvalue weighted by Crippen LogP contribution is -2.38. The molecule has 3 N–H and O–H groups in total. The van der Waals surface area contributed by atoms with Crippen molar-refractivity contribution < 1.29 is 4.79 Å². The minimum atomic E-state index is -0.0805. The molecule has 120 valence electrons. The van der Waals surface area contributed by atoms with Crippen molar-refractivity contribution in [3.63, 3.8) is 0 Å². The van der Waals surface area contributed by atoms with E-state index < -0.39 is 0 Å². The number of nitrogens with two attached hydrogens (primary N) is 1. The van der Waals surface area contributed by atoms with Crippen molar-refractivity contribution in [3.05, 3.63) is 48.5 Å². The normalized spacial score (nSPS) is 14.4. The number of carbonyl (C=O) groups excluding carboxylic acids is 1. The molecule has 2 aromatic rings. The van der Waals surface area contributed by atoms with Gasteiger partial charge in [0.25, 0.3) is 5.91 Å². The van der Waals surface area contributed by atoms with Gasteiger partial charge in [0, 0.05) is 36.2 Å². The molecule has 0 saturated heterocycles. The fourth-order valence-electron chi connectivity index (χ4n) is 2.22. The standard InChI is InChI=1S/C15H18N4O.2ClH/c16-14(11-4-5-11)9-18-15(20)12-2-1-3-13(8-12)19-7-6-17-10-19;;/h1-3,6-8,10-11,14H,4-5,9,16H2,(H,18,20);2*1H. The highest BCUT2D eigenvalue weighted by Gasteiger charge is 2.28. The molecule has 1 saturated carbocycles. The van der Waals surface area contributed by atoms with Crippen molar-refractivity contribution >= 4 is 30.7 Å². The van der Waals surface area contributed by atoms with Crippen molar-refractivity contribution in [1.29, 1.82) is 0 Å². The van der Waals surface area contributed by atoms with Crippen molar-refractivity contribution in [1.82, 2.24) is 14.9 Å². The first-order valence-corrected chi connectivity index (χ1v) is 6.86. The lowest BCUT2D eigenvalue weighted by atomic mass is 10.1. The van der Waals surface area contributed by atoms with E-state index in [1.165, 1.54) is 12.8 Å². The van der Waals surface area contributed by atoms with E-state index in [1.54, 1.807) is 18.6 Å². The summed E-state index contributed by atoms with van der Waals surface area (Å²) in [5.74, 6) is 0.510. The first kappa shape index (κ1) is 18.5. The third-order valence-electron chi connectivity index (χ3n) is 3.64. The van der Waals surface area contributed by atoms with Crippen LogP contribution in [0.3, 0.4) is 0 Å². The number of rotatable bonds is 5. The minimum absolute atomic E-state index is 0. The molecule has 1 heterocycles. The van der Waals surface area contributed by atoms with Crippen LogP contribution in [0.2, 0.25) is 0 Å². The molecule has 1 amide bonds. The molecule has 1 aromatic carbocycles. The zero-order chi connectivity index (χ0) is 13.9. The van der Waals surface area contributed by atoms with E-state index in [4.69, 9.17) is 5.73 Å². The van der Waals surface area contributed by atoms with Crippen LogP contribution in [0.5, 0.6) is 0 Å². The maximum absolute atomic E-state index is 12.1. The van der Waals surface area contributed by atoms with Gasteiger partial charge in [0.15, 0.2) is 0 Å². The summed E-state index contributed by atoms with van der Waals surface area (Å²) >= 11 is 0. The summed E-state index contributed by atoms with van der Waals surface area (Å²) in [4.78, 5) is 16.1. The molecule has 1 atom stereocenters. The molecule has 1 unspecified atom stereocenters. The summed E-state index contributed by atoms with van der Waals surface area (Å²) in [6.45, 7) is 0.540. The minimum Gasteiger partial charge on any atom is -0.350 e. The second-order valence-electron chi connectivity index (χ2n) is 5.23. The number of amides is 1. The molecular formula is C15H20Cl2N4O. The van der Waals surface area contributed by atoms with Crippen LogP contribution in [0.1, 0.15) is 23.2 Å². The van der Waals surface area contributed by atoms with E-state index in [2.05, 4.69) is 10.3 Å². The summed E-state index contributed by atoms with van der Waals surface area (Å²) in [6, 6.07) is 7.54. The zero-order valence-corrected chi connectivity index (χ0v) is 13.6. The highest BCUT2D eigenvalue weighted by Crippen LogP contribution is 2.31. The Kier molecular flexibility index (Phi) is 6.87. The summed E-state index contributed by atoms with van der Waals surface area (Å²) in [6.07, 6.45) is 7.64. The Morgan fingerprint density at radius 3 is 2.82 bits per heavy atom. The number of nitrogens with one attached hydrogen (secondary N) is 1. The number of aromatic nitrogens is 2. The van der Waals surface area contributed by atoms with Gasteiger partial charge in [-0.15, -0.1) is 24.8 Å². The smallest absolute Gasteiger partial charge is 0.251 e. The summed E-state index contributed by atoms with van der Waals surface area (Å²) in [5.41, 5.74) is 7.54. The van der Waals surface area contributed by atoms with Crippen molar-refractivity contribution in [3.8, 4) is 5.69 Å². The fourth-order valence-corrected chi connectivity index (χ4v) is 2.22. The van der Waals surface area contributed by atoms with Crippen molar-refractivity contribution in [2.24, 2.45) is 11.7 Å². The lowest BCUT2D eigenvalue weighted by Gasteiger charge is -2.12. The molecule has 1 aliphatic carbocycles. The van der Waals surface area contributed by atoms with Crippen LogP contribution in [0.15, 0.2) is 43.0 Å². The zero-order valence-electron chi connectivity index (χ0n) is 12.0. The Morgan fingerprint density at radius 1 is 1.41 bits per heavy atom. The fraction of sp³-hybridized carbons (Fsp3) is 0.333. The van der Waals surface area contributed by atoms with Crippen molar-refractivity contribution in [2.45, 2.75) is 18.9 Å². The van der Waals surface area contributed by atoms with E-state index in [0.29, 0.717) is 18.0 Å². The molecule has 1 aliphatic rings. The molecule has 22 heavy (non-hydrogen) atoms. The van der Waals surface area contributed by atoms with Gasteiger partial charge in [-0.05, 0) is 37.0 Å². The number of imidazole rings is 1. The average Bonchev–Trinajstić information content (AvgIpc) is 3.19. The third-order valence-corrected chi connectivity index (χ3v) is 3.64. The summed E-state index contributed by atoms with van der Waals surface area (Å²) < 4.78 is 1.87. The average molecular weight is 343 g/mol. The van der Waals surface area contributed by atoms with Gasteiger partial charge in [-0.2, -0.15) is 0 Å². The van der Waals surface area contributed by atoms with Gasteiger partial charge < -0.3 is 15.6 Å². The van der Waals surface area contributed by atoms with Crippen LogP contribution in [-0.2, 0) is 0 Å². The topological polar surface area (TPSA) is 72.9 Å². The molecule has 0 radical (unpaired) electrons. The maximum atomic E-state index is 12.1. The van der Waals surface area contributed by atoms with E-state index in [9.17, 15) is 4.79 Å². The number of hydrogen-bond donors (Lipinski definition) is 2. The highest BCUT2D eigenvalue weighted by atomic mass is 35.5. The van der Waals surface area contributed by atoms with Crippen molar-refractivity contribution in [2.75, 3.05) is 6.54 Å². The molecule has 0 aliphatic heterocycles. The molecule has 1 aromatic heterocycles. The third kappa shape index (κ3) is 4.47. The van der Waals surface area contributed by atoms with Gasteiger partial charge >= 0.3 is 0 Å². The van der Waals surface area contributed by atoms with Gasteiger partial charge in [-0.1, -0.05) is 6.07 Å². The monoisotopic (exact) mass is 342 g/mol. The Labute approximate surface area is 142 Å². The van der Waals surface area contributed by atoms with Gasteiger partial charge in [0.05, 0.1) is 6.33 Å². The molecule has 3 rings (SSSR count). The number of halogens is 2. The molecule has 1 fully saturated rings. The van der Waals surface area contributed by atoms with Crippen LogP contribution in [0.25, 0.3) is 5.69 Å². The number of benzene rings is 1. The van der Waals surface area contributed by atoms with Crippen LogP contribution in [-0.4, -0.2) is 28.0 Å². The second-order valence-corrected chi connectivity index (χ2v) is 5.23. The van der Waals surface area contributed by atoms with Gasteiger partial charge in [0.2, 0.25) is 0 Å². The van der Waals surface area contributed by atoms with Crippen LogP contribution < -0.4 is 11.1 Å². The predicted molar refractivity (Wildman–Crippen MR) is 91.1 cm³/mol.